The number of halogens is 6. The van der Waals surface area contributed by atoms with E-state index in [0.717, 1.165) is 5.56 Å². The van der Waals surface area contributed by atoms with Gasteiger partial charge in [-0.15, -0.1) is 0 Å². The van der Waals surface area contributed by atoms with Crippen LogP contribution < -0.4 is 5.73 Å². The average molecular weight is 609 g/mol. The van der Waals surface area contributed by atoms with Gasteiger partial charge in [-0.3, -0.25) is 0 Å². The average Bonchev–Trinajstić information content (AvgIpc) is 2.98. The lowest BCUT2D eigenvalue weighted by molar-refractivity contribution is 0.264. The summed E-state index contributed by atoms with van der Waals surface area (Å²) in [6.07, 6.45) is 0. The Bertz CT molecular complexity index is 1590. The van der Waals surface area contributed by atoms with Crippen molar-refractivity contribution in [1.82, 2.24) is 4.31 Å². The van der Waals surface area contributed by atoms with Gasteiger partial charge in [0.2, 0.25) is 5.82 Å². The zero-order valence-electron chi connectivity index (χ0n) is 21.9. The number of sulfonamides is 1. The van der Waals surface area contributed by atoms with Crippen LogP contribution in [0, 0.1) is 29.1 Å². The maximum Gasteiger partial charge on any atom is 0.251 e. The first-order valence-corrected chi connectivity index (χ1v) is 14.4. The van der Waals surface area contributed by atoms with Gasteiger partial charge in [0.1, 0.15) is 5.50 Å². The standard InChI is InChI=1S/C30H26ClF5N2O2S/c1-17(2)18-13-15-21(16-14-18)30(31)38(41(39,40)29-25(35)23(33)22(32)24(34)26(29)36)28(20-11-7-4-8-12-20)27(37)19-9-5-3-6-10-19/h3-17,27-28,30H,37H2,1-2H3/t27-,28-,30?/m1/s1. The van der Waals surface area contributed by atoms with Crippen LogP contribution in [0.5, 0.6) is 0 Å². The molecule has 11 heteroatoms. The van der Waals surface area contributed by atoms with Gasteiger partial charge in [-0.25, -0.2) is 30.4 Å². The van der Waals surface area contributed by atoms with Crippen LogP contribution in [0.4, 0.5) is 22.0 Å². The lowest BCUT2D eigenvalue weighted by Gasteiger charge is -2.38. The van der Waals surface area contributed by atoms with Gasteiger partial charge in [-0.2, -0.15) is 4.31 Å². The first kappa shape index (κ1) is 30.6. The molecule has 0 amide bonds. The molecule has 4 aromatic rings. The molecule has 0 radical (unpaired) electrons. The largest absolute Gasteiger partial charge is 0.322 e. The predicted molar refractivity (Wildman–Crippen MR) is 147 cm³/mol. The smallest absolute Gasteiger partial charge is 0.251 e. The molecule has 0 spiro atoms. The second kappa shape index (κ2) is 12.3. The van der Waals surface area contributed by atoms with Crippen molar-refractivity contribution in [2.45, 2.75) is 42.2 Å². The van der Waals surface area contributed by atoms with E-state index in [-0.39, 0.29) is 17.0 Å². The first-order chi connectivity index (χ1) is 19.4. The van der Waals surface area contributed by atoms with Crippen molar-refractivity contribution in [2.75, 3.05) is 0 Å². The molecule has 0 heterocycles. The van der Waals surface area contributed by atoms with E-state index in [1.54, 1.807) is 60.7 Å². The lowest BCUT2D eigenvalue weighted by Crippen LogP contribution is -2.42. The number of rotatable bonds is 9. The molecule has 4 aromatic carbocycles. The summed E-state index contributed by atoms with van der Waals surface area (Å²) in [5, 5.41) is 0. The summed E-state index contributed by atoms with van der Waals surface area (Å²) in [5.74, 6) is -12.2. The van der Waals surface area contributed by atoms with Crippen molar-refractivity contribution in [3.05, 3.63) is 136 Å². The summed E-state index contributed by atoms with van der Waals surface area (Å²) in [6, 6.07) is 20.0. The molecule has 0 saturated carbocycles. The Morgan fingerprint density at radius 3 is 1.51 bits per heavy atom. The van der Waals surface area contributed by atoms with Gasteiger partial charge in [-0.1, -0.05) is 110 Å². The molecule has 0 aromatic heterocycles. The van der Waals surface area contributed by atoms with E-state index in [1.165, 1.54) is 24.3 Å². The predicted octanol–water partition coefficient (Wildman–Crippen LogP) is 7.88. The second-order valence-electron chi connectivity index (χ2n) is 9.68. The van der Waals surface area contributed by atoms with Gasteiger partial charge >= 0.3 is 0 Å². The van der Waals surface area contributed by atoms with Crippen molar-refractivity contribution in [3.8, 4) is 0 Å². The number of hydrogen-bond donors (Lipinski definition) is 1. The van der Waals surface area contributed by atoms with E-state index in [0.29, 0.717) is 9.87 Å². The molecule has 0 saturated heterocycles. The summed E-state index contributed by atoms with van der Waals surface area (Å²) >= 11 is 6.82. The van der Waals surface area contributed by atoms with E-state index in [1.807, 2.05) is 13.8 Å². The Morgan fingerprint density at radius 2 is 1.05 bits per heavy atom. The van der Waals surface area contributed by atoms with Crippen LogP contribution in [0.2, 0.25) is 0 Å². The molecule has 3 atom stereocenters. The van der Waals surface area contributed by atoms with E-state index in [9.17, 15) is 21.6 Å². The molecule has 0 fully saturated rings. The maximum atomic E-state index is 15.1. The number of hydrogen-bond acceptors (Lipinski definition) is 3. The summed E-state index contributed by atoms with van der Waals surface area (Å²) in [5.41, 5.74) is 6.72. The second-order valence-corrected chi connectivity index (χ2v) is 11.9. The summed E-state index contributed by atoms with van der Waals surface area (Å²) < 4.78 is 101. The van der Waals surface area contributed by atoms with Crippen molar-refractivity contribution < 1.29 is 30.4 Å². The van der Waals surface area contributed by atoms with Crippen LogP contribution in [-0.2, 0) is 10.0 Å². The van der Waals surface area contributed by atoms with Crippen LogP contribution >= 0.6 is 11.6 Å². The minimum Gasteiger partial charge on any atom is -0.322 e. The van der Waals surface area contributed by atoms with Gasteiger partial charge < -0.3 is 5.73 Å². The number of nitrogens with zero attached hydrogens (tertiary/aromatic N) is 1. The molecule has 0 aliphatic heterocycles. The van der Waals surface area contributed by atoms with Gasteiger partial charge in [0, 0.05) is 0 Å². The molecule has 1 unspecified atom stereocenters. The van der Waals surface area contributed by atoms with Crippen LogP contribution in [-0.4, -0.2) is 12.7 Å². The van der Waals surface area contributed by atoms with Crippen molar-refractivity contribution in [1.29, 1.82) is 0 Å². The Balaban J connectivity index is 2.03. The first-order valence-electron chi connectivity index (χ1n) is 12.5. The molecule has 2 N–H and O–H groups in total. The van der Waals surface area contributed by atoms with Gasteiger partial charge in [0.05, 0.1) is 12.1 Å². The third-order valence-electron chi connectivity index (χ3n) is 6.75. The van der Waals surface area contributed by atoms with Gasteiger partial charge in [0.25, 0.3) is 10.0 Å². The molecule has 0 aliphatic carbocycles. The van der Waals surface area contributed by atoms with Crippen LogP contribution in [0.1, 0.15) is 59.6 Å². The van der Waals surface area contributed by atoms with Crippen LogP contribution in [0.3, 0.4) is 0 Å². The highest BCUT2D eigenvalue weighted by Crippen LogP contribution is 2.45. The topological polar surface area (TPSA) is 63.4 Å². The van der Waals surface area contributed by atoms with Crippen molar-refractivity contribution >= 4 is 21.6 Å². The fourth-order valence-corrected chi connectivity index (χ4v) is 6.88. The molecule has 216 valence electrons. The van der Waals surface area contributed by atoms with Crippen molar-refractivity contribution in [3.63, 3.8) is 0 Å². The van der Waals surface area contributed by atoms with E-state index >= 15 is 8.78 Å². The normalized spacial score (nSPS) is 14.3. The fourth-order valence-electron chi connectivity index (χ4n) is 4.54. The quantitative estimate of drug-likeness (QED) is 0.0691. The molecule has 4 nitrogen and oxygen atoms in total. The third kappa shape index (κ3) is 5.88. The highest BCUT2D eigenvalue weighted by molar-refractivity contribution is 7.89. The fraction of sp³-hybridized carbons (Fsp3) is 0.200. The van der Waals surface area contributed by atoms with E-state index in [4.69, 9.17) is 17.3 Å². The molecule has 0 bridgehead atoms. The van der Waals surface area contributed by atoms with Crippen LogP contribution in [0.25, 0.3) is 0 Å². The minimum atomic E-state index is -5.57. The minimum absolute atomic E-state index is 0.120. The Kier molecular flexibility index (Phi) is 9.18. The lowest BCUT2D eigenvalue weighted by atomic mass is 9.93. The Hall–Kier alpha value is -3.31. The highest BCUT2D eigenvalue weighted by atomic mass is 35.5. The monoisotopic (exact) mass is 608 g/mol. The Labute approximate surface area is 240 Å². The highest BCUT2D eigenvalue weighted by Gasteiger charge is 2.45. The third-order valence-corrected chi connectivity index (χ3v) is 9.19. The Morgan fingerprint density at radius 1 is 0.634 bits per heavy atom. The summed E-state index contributed by atoms with van der Waals surface area (Å²) in [6.45, 7) is 3.88. The molecule has 41 heavy (non-hydrogen) atoms. The molecular formula is C30H26ClF5N2O2S. The zero-order valence-corrected chi connectivity index (χ0v) is 23.5. The molecule has 4 rings (SSSR count). The molecular weight excluding hydrogens is 583 g/mol. The summed E-state index contributed by atoms with van der Waals surface area (Å²) in [4.78, 5) is -2.03. The van der Waals surface area contributed by atoms with E-state index in [2.05, 4.69) is 0 Å². The number of alkyl halides is 1. The molecule has 0 aliphatic rings. The van der Waals surface area contributed by atoms with E-state index < -0.39 is 61.6 Å². The SMILES string of the molecule is CC(C)c1ccc(C(Cl)N([C@H](c2ccccc2)[C@H](N)c2ccccc2)S(=O)(=O)c2c(F)c(F)c(F)c(F)c2F)cc1. The number of nitrogens with two attached hydrogens (primary N) is 1. The summed E-state index contributed by atoms with van der Waals surface area (Å²) in [7, 11) is -5.57. The van der Waals surface area contributed by atoms with Crippen molar-refractivity contribution in [2.24, 2.45) is 5.73 Å². The van der Waals surface area contributed by atoms with Gasteiger partial charge in [-0.05, 0) is 28.2 Å². The van der Waals surface area contributed by atoms with Crippen LogP contribution in [0.15, 0.2) is 89.8 Å². The number of benzene rings is 4. The van der Waals surface area contributed by atoms with Gasteiger partial charge in [0.15, 0.2) is 28.2 Å². The maximum absolute atomic E-state index is 15.1. The zero-order chi connectivity index (χ0) is 30.1.